The zero-order valence-electron chi connectivity index (χ0n) is 17.5. The Morgan fingerprint density at radius 2 is 1.43 bits per heavy atom. The molecule has 3 aromatic rings. The van der Waals surface area contributed by atoms with Crippen LogP contribution in [-0.4, -0.2) is 43.9 Å². The van der Waals surface area contributed by atoms with Gasteiger partial charge in [-0.3, -0.25) is 0 Å². The molecule has 4 heteroatoms. The predicted molar refractivity (Wildman–Crippen MR) is 126 cm³/mol. The summed E-state index contributed by atoms with van der Waals surface area (Å²) in [6.45, 7) is 1.59. The lowest BCUT2D eigenvalue weighted by molar-refractivity contribution is 0.261. The number of rotatable bonds is 9. The number of aliphatic hydroxyl groups excluding tert-OH is 1. The molecule has 0 fully saturated rings. The van der Waals surface area contributed by atoms with Crippen LogP contribution in [0.4, 0.5) is 0 Å². The topological polar surface area (TPSA) is 32.7 Å². The average Bonchev–Trinajstić information content (AvgIpc) is 2.76. The van der Waals surface area contributed by atoms with Crippen LogP contribution in [0.2, 0.25) is 5.02 Å². The summed E-state index contributed by atoms with van der Waals surface area (Å²) in [6, 6.07) is 26.3. The van der Waals surface area contributed by atoms with Crippen LogP contribution >= 0.6 is 11.6 Å². The number of ether oxygens (including phenoxy) is 1. The van der Waals surface area contributed by atoms with Crippen LogP contribution in [0.25, 0.3) is 11.1 Å². The summed E-state index contributed by atoms with van der Waals surface area (Å²) in [6.07, 6.45) is 0.549. The molecule has 0 aromatic heterocycles. The molecular formula is C26H28ClNO2. The van der Waals surface area contributed by atoms with Crippen molar-refractivity contribution < 1.29 is 9.84 Å². The maximum Gasteiger partial charge on any atom is 0.119 e. The Kier molecular flexibility index (Phi) is 8.09. The van der Waals surface area contributed by atoms with E-state index in [0.29, 0.717) is 18.1 Å². The maximum atomic E-state index is 9.80. The van der Waals surface area contributed by atoms with Crippen LogP contribution in [0.15, 0.2) is 78.9 Å². The van der Waals surface area contributed by atoms with Gasteiger partial charge in [-0.25, -0.2) is 0 Å². The van der Waals surface area contributed by atoms with Crippen LogP contribution in [0.5, 0.6) is 5.75 Å². The van der Waals surface area contributed by atoms with Gasteiger partial charge in [-0.15, -0.1) is 0 Å². The molecule has 0 saturated carbocycles. The summed E-state index contributed by atoms with van der Waals surface area (Å²) in [4.78, 5) is 2.10. The maximum absolute atomic E-state index is 9.80. The highest BCUT2D eigenvalue weighted by molar-refractivity contribution is 6.30. The Hall–Kier alpha value is -2.59. The lowest BCUT2D eigenvalue weighted by Gasteiger charge is -2.17. The molecule has 1 N–H and O–H groups in total. The van der Waals surface area contributed by atoms with Gasteiger partial charge >= 0.3 is 0 Å². The molecule has 0 saturated heterocycles. The van der Waals surface area contributed by atoms with E-state index in [1.165, 1.54) is 0 Å². The van der Waals surface area contributed by atoms with Crippen molar-refractivity contribution in [3.63, 3.8) is 0 Å². The molecule has 0 aliphatic heterocycles. The van der Waals surface area contributed by atoms with Crippen molar-refractivity contribution in [1.82, 2.24) is 4.90 Å². The summed E-state index contributed by atoms with van der Waals surface area (Å²) in [7, 11) is 4.06. The lowest BCUT2D eigenvalue weighted by atomic mass is 9.88. The molecule has 0 amide bonds. The van der Waals surface area contributed by atoms with E-state index in [1.807, 2.05) is 68.7 Å². The Morgan fingerprint density at radius 1 is 0.833 bits per heavy atom. The first-order chi connectivity index (χ1) is 14.6. The van der Waals surface area contributed by atoms with E-state index >= 15 is 0 Å². The van der Waals surface area contributed by atoms with E-state index in [-0.39, 0.29) is 6.61 Å². The third-order valence-corrected chi connectivity index (χ3v) is 5.12. The van der Waals surface area contributed by atoms with E-state index in [4.69, 9.17) is 16.3 Å². The average molecular weight is 422 g/mol. The molecule has 0 bridgehead atoms. The van der Waals surface area contributed by atoms with Crippen LogP contribution in [0, 0.1) is 0 Å². The smallest absolute Gasteiger partial charge is 0.119 e. The molecule has 0 aliphatic rings. The van der Waals surface area contributed by atoms with Gasteiger partial charge in [0.05, 0.1) is 0 Å². The molecule has 3 aromatic carbocycles. The van der Waals surface area contributed by atoms with Crippen LogP contribution in [-0.2, 0) is 0 Å². The third kappa shape index (κ3) is 5.96. The number of halogens is 1. The first-order valence-corrected chi connectivity index (χ1v) is 10.5. The van der Waals surface area contributed by atoms with Crippen molar-refractivity contribution in [2.75, 3.05) is 33.9 Å². The molecule has 156 valence electrons. The number of nitrogens with zero attached hydrogens (tertiary/aromatic N) is 1. The molecule has 30 heavy (non-hydrogen) atoms. The fourth-order valence-electron chi connectivity index (χ4n) is 3.36. The van der Waals surface area contributed by atoms with Gasteiger partial charge in [0.1, 0.15) is 12.4 Å². The number of hydrogen-bond acceptors (Lipinski definition) is 3. The van der Waals surface area contributed by atoms with E-state index in [9.17, 15) is 5.11 Å². The number of benzene rings is 3. The van der Waals surface area contributed by atoms with Gasteiger partial charge in [0.15, 0.2) is 0 Å². The second-order valence-corrected chi connectivity index (χ2v) is 7.81. The van der Waals surface area contributed by atoms with Gasteiger partial charge in [0, 0.05) is 18.2 Å². The predicted octanol–water partition coefficient (Wildman–Crippen LogP) is 5.62. The Morgan fingerprint density at radius 3 is 2.03 bits per heavy atom. The molecule has 3 nitrogen and oxygen atoms in total. The van der Waals surface area contributed by atoms with E-state index in [0.717, 1.165) is 40.1 Å². The molecule has 0 heterocycles. The summed E-state index contributed by atoms with van der Waals surface area (Å²) in [5, 5.41) is 10.5. The van der Waals surface area contributed by atoms with Gasteiger partial charge in [-0.05, 0) is 72.6 Å². The Bertz CT molecular complexity index is 949. The minimum absolute atomic E-state index is 0.0695. The summed E-state index contributed by atoms with van der Waals surface area (Å²) in [5.41, 5.74) is 5.43. The first kappa shape index (κ1) is 22.1. The molecule has 0 spiro atoms. The molecule has 3 rings (SSSR count). The van der Waals surface area contributed by atoms with Crippen molar-refractivity contribution in [2.24, 2.45) is 0 Å². The van der Waals surface area contributed by atoms with Crippen LogP contribution < -0.4 is 4.74 Å². The van der Waals surface area contributed by atoms with Crippen LogP contribution in [0.1, 0.15) is 23.1 Å². The standard InChI is InChI=1S/C26H28ClNO2/c1-28(2)17-19-30-24-14-10-22(11-15-24)26(21-6-4-3-5-7-21)25(16-18-29)20-8-12-23(27)13-9-20/h3-15,29H,16-19H2,1-2H3/b26-25-. The molecule has 0 radical (unpaired) electrons. The highest BCUT2D eigenvalue weighted by Gasteiger charge is 2.14. The minimum Gasteiger partial charge on any atom is -0.492 e. The lowest BCUT2D eigenvalue weighted by Crippen LogP contribution is -2.19. The van der Waals surface area contributed by atoms with Crippen molar-refractivity contribution >= 4 is 22.7 Å². The second kappa shape index (κ2) is 11.0. The van der Waals surface area contributed by atoms with Gasteiger partial charge in [-0.2, -0.15) is 0 Å². The molecule has 0 atom stereocenters. The number of hydrogen-bond donors (Lipinski definition) is 1. The zero-order valence-corrected chi connectivity index (χ0v) is 18.3. The first-order valence-electron chi connectivity index (χ1n) is 10.1. The molecule has 0 unspecified atom stereocenters. The quantitative estimate of drug-likeness (QED) is 0.455. The van der Waals surface area contributed by atoms with E-state index in [1.54, 1.807) is 0 Å². The normalized spacial score (nSPS) is 12.0. The summed E-state index contributed by atoms with van der Waals surface area (Å²) < 4.78 is 5.85. The minimum atomic E-state index is 0.0695. The molecular weight excluding hydrogens is 394 g/mol. The van der Waals surface area contributed by atoms with Gasteiger partial charge in [-0.1, -0.05) is 66.2 Å². The number of likely N-dealkylation sites (N-methyl/N-ethyl adjacent to an activating group) is 1. The van der Waals surface area contributed by atoms with Crippen molar-refractivity contribution in [3.05, 3.63) is 101 Å². The zero-order chi connectivity index (χ0) is 21.3. The van der Waals surface area contributed by atoms with Gasteiger partial charge < -0.3 is 14.7 Å². The highest BCUT2D eigenvalue weighted by Crippen LogP contribution is 2.35. The second-order valence-electron chi connectivity index (χ2n) is 7.38. The Labute approximate surface area is 184 Å². The van der Waals surface area contributed by atoms with Gasteiger partial charge in [0.2, 0.25) is 0 Å². The van der Waals surface area contributed by atoms with E-state index in [2.05, 4.69) is 29.2 Å². The van der Waals surface area contributed by atoms with E-state index < -0.39 is 0 Å². The molecule has 0 aliphatic carbocycles. The largest absolute Gasteiger partial charge is 0.492 e. The van der Waals surface area contributed by atoms with Crippen molar-refractivity contribution in [2.45, 2.75) is 6.42 Å². The van der Waals surface area contributed by atoms with Gasteiger partial charge in [0.25, 0.3) is 0 Å². The monoisotopic (exact) mass is 421 g/mol. The fraction of sp³-hybridized carbons (Fsp3) is 0.231. The van der Waals surface area contributed by atoms with Crippen molar-refractivity contribution in [3.8, 4) is 5.75 Å². The van der Waals surface area contributed by atoms with Crippen molar-refractivity contribution in [1.29, 1.82) is 0 Å². The SMILES string of the molecule is CN(C)CCOc1ccc(/C(=C(/CCO)c2ccc(Cl)cc2)c2ccccc2)cc1. The summed E-state index contributed by atoms with van der Waals surface area (Å²) in [5.74, 6) is 0.850. The van der Waals surface area contributed by atoms with Crippen LogP contribution in [0.3, 0.4) is 0 Å². The fourth-order valence-corrected chi connectivity index (χ4v) is 3.49. The third-order valence-electron chi connectivity index (χ3n) is 4.87. The Balaban J connectivity index is 2.04. The highest BCUT2D eigenvalue weighted by atomic mass is 35.5. The number of aliphatic hydroxyl groups is 1. The summed E-state index contributed by atoms with van der Waals surface area (Å²) >= 11 is 6.10.